The van der Waals surface area contributed by atoms with Crippen LogP contribution in [0.2, 0.25) is 0 Å². The second kappa shape index (κ2) is 9.10. The van der Waals surface area contributed by atoms with Gasteiger partial charge in [0.1, 0.15) is 11.4 Å². The minimum absolute atomic E-state index is 0.271. The predicted molar refractivity (Wildman–Crippen MR) is 101 cm³/mol. The van der Waals surface area contributed by atoms with Crippen LogP contribution < -0.4 is 9.64 Å². The summed E-state index contributed by atoms with van der Waals surface area (Å²) in [6, 6.07) is 8.14. The first-order valence-electron chi connectivity index (χ1n) is 8.91. The SMILES string of the molecule is C#CC(C)(CC)OCC(O)CN1CCN(c2ccc(OC)cc2)CC1. The van der Waals surface area contributed by atoms with E-state index in [4.69, 9.17) is 15.9 Å². The molecule has 138 valence electrons. The summed E-state index contributed by atoms with van der Waals surface area (Å²) < 4.78 is 10.9. The Labute approximate surface area is 151 Å². The van der Waals surface area contributed by atoms with Crippen molar-refractivity contribution in [1.29, 1.82) is 0 Å². The number of aliphatic hydroxyl groups is 1. The summed E-state index contributed by atoms with van der Waals surface area (Å²) in [5, 5.41) is 10.2. The Morgan fingerprint density at radius 3 is 2.40 bits per heavy atom. The molecule has 1 N–H and O–H groups in total. The molecule has 0 saturated carbocycles. The van der Waals surface area contributed by atoms with E-state index >= 15 is 0 Å². The molecule has 1 aromatic carbocycles. The average Bonchev–Trinajstić information content (AvgIpc) is 2.67. The zero-order chi connectivity index (χ0) is 18.3. The molecular formula is C20H30N2O3. The van der Waals surface area contributed by atoms with E-state index in [9.17, 15) is 5.11 Å². The maximum atomic E-state index is 10.2. The molecule has 2 unspecified atom stereocenters. The molecule has 1 aromatic rings. The van der Waals surface area contributed by atoms with Crippen molar-refractivity contribution >= 4 is 5.69 Å². The van der Waals surface area contributed by atoms with E-state index in [1.54, 1.807) is 7.11 Å². The first-order chi connectivity index (χ1) is 12.0. The number of terminal acetylenes is 1. The topological polar surface area (TPSA) is 45.2 Å². The Hall–Kier alpha value is -1.74. The molecule has 0 spiro atoms. The zero-order valence-electron chi connectivity index (χ0n) is 15.6. The highest BCUT2D eigenvalue weighted by molar-refractivity contribution is 5.49. The van der Waals surface area contributed by atoms with Gasteiger partial charge in [0.05, 0.1) is 19.8 Å². The van der Waals surface area contributed by atoms with Crippen LogP contribution in [0.3, 0.4) is 0 Å². The molecule has 0 aromatic heterocycles. The highest BCUT2D eigenvalue weighted by Crippen LogP contribution is 2.20. The number of aliphatic hydroxyl groups excluding tert-OH is 1. The Morgan fingerprint density at radius 2 is 1.88 bits per heavy atom. The molecule has 1 aliphatic heterocycles. The minimum atomic E-state index is -0.589. The Morgan fingerprint density at radius 1 is 1.24 bits per heavy atom. The molecule has 2 atom stereocenters. The summed E-state index contributed by atoms with van der Waals surface area (Å²) in [5.41, 5.74) is 0.616. The van der Waals surface area contributed by atoms with Crippen molar-refractivity contribution < 1.29 is 14.6 Å². The quantitative estimate of drug-likeness (QED) is 0.730. The third kappa shape index (κ3) is 5.64. The van der Waals surface area contributed by atoms with Gasteiger partial charge >= 0.3 is 0 Å². The maximum Gasteiger partial charge on any atom is 0.125 e. The molecule has 2 rings (SSSR count). The Bertz CT molecular complexity index is 561. The van der Waals surface area contributed by atoms with E-state index in [0.717, 1.165) is 38.3 Å². The van der Waals surface area contributed by atoms with Crippen LogP contribution in [0.15, 0.2) is 24.3 Å². The molecule has 1 aliphatic rings. The molecular weight excluding hydrogens is 316 g/mol. The van der Waals surface area contributed by atoms with E-state index in [-0.39, 0.29) is 6.61 Å². The van der Waals surface area contributed by atoms with Gasteiger partial charge in [-0.2, -0.15) is 0 Å². The van der Waals surface area contributed by atoms with Crippen molar-refractivity contribution in [2.75, 3.05) is 51.3 Å². The van der Waals surface area contributed by atoms with Gasteiger partial charge in [0, 0.05) is 38.4 Å². The van der Waals surface area contributed by atoms with Crippen LogP contribution in [-0.2, 0) is 4.74 Å². The molecule has 0 radical (unpaired) electrons. The summed E-state index contributed by atoms with van der Waals surface area (Å²) in [4.78, 5) is 4.62. The maximum absolute atomic E-state index is 10.2. The molecule has 0 bridgehead atoms. The number of anilines is 1. The van der Waals surface area contributed by atoms with Gasteiger partial charge in [-0.1, -0.05) is 12.8 Å². The third-order valence-corrected chi connectivity index (χ3v) is 4.85. The van der Waals surface area contributed by atoms with Crippen LogP contribution in [0.25, 0.3) is 0 Å². The Kier molecular flexibility index (Phi) is 7.12. The molecule has 0 amide bonds. The smallest absolute Gasteiger partial charge is 0.125 e. The summed E-state index contributed by atoms with van der Waals surface area (Å²) >= 11 is 0. The number of hydrogen-bond donors (Lipinski definition) is 1. The largest absolute Gasteiger partial charge is 0.497 e. The monoisotopic (exact) mass is 346 g/mol. The molecule has 1 saturated heterocycles. The highest BCUT2D eigenvalue weighted by Gasteiger charge is 2.23. The first kappa shape index (κ1) is 19.6. The number of benzene rings is 1. The molecule has 25 heavy (non-hydrogen) atoms. The normalized spacial score (nSPS) is 19.1. The number of β-amino-alcohol motifs (C(OH)–C–C–N with tert-alkyl or cyclic N) is 1. The fourth-order valence-corrected chi connectivity index (χ4v) is 2.86. The molecule has 1 heterocycles. The summed E-state index contributed by atoms with van der Waals surface area (Å²) in [6.07, 6.45) is 5.71. The van der Waals surface area contributed by atoms with Crippen LogP contribution in [0, 0.1) is 12.3 Å². The summed E-state index contributed by atoms with van der Waals surface area (Å²) in [5.74, 6) is 3.53. The van der Waals surface area contributed by atoms with Crippen LogP contribution >= 0.6 is 0 Å². The van der Waals surface area contributed by atoms with Gasteiger partial charge in [-0.3, -0.25) is 4.90 Å². The lowest BCUT2D eigenvalue weighted by Gasteiger charge is -2.37. The number of rotatable bonds is 8. The van der Waals surface area contributed by atoms with Gasteiger partial charge in [0.2, 0.25) is 0 Å². The number of methoxy groups -OCH3 is 1. The van der Waals surface area contributed by atoms with E-state index < -0.39 is 11.7 Å². The third-order valence-electron chi connectivity index (χ3n) is 4.85. The highest BCUT2D eigenvalue weighted by atomic mass is 16.5. The van der Waals surface area contributed by atoms with Gasteiger partial charge < -0.3 is 19.5 Å². The number of ether oxygens (including phenoxy) is 2. The second-order valence-electron chi connectivity index (χ2n) is 6.68. The van der Waals surface area contributed by atoms with Crippen molar-refractivity contribution in [3.8, 4) is 18.1 Å². The molecule has 1 fully saturated rings. The van der Waals surface area contributed by atoms with Gasteiger partial charge in [0.15, 0.2) is 0 Å². The lowest BCUT2D eigenvalue weighted by atomic mass is 10.1. The number of nitrogens with zero attached hydrogens (tertiary/aromatic N) is 2. The summed E-state index contributed by atoms with van der Waals surface area (Å²) in [7, 11) is 1.68. The molecule has 5 heteroatoms. The number of piperazine rings is 1. The van der Waals surface area contributed by atoms with E-state index in [1.807, 2.05) is 26.0 Å². The van der Waals surface area contributed by atoms with Crippen molar-refractivity contribution in [1.82, 2.24) is 4.90 Å². The fraction of sp³-hybridized carbons (Fsp3) is 0.600. The number of hydrogen-bond acceptors (Lipinski definition) is 5. The second-order valence-corrected chi connectivity index (χ2v) is 6.68. The zero-order valence-corrected chi connectivity index (χ0v) is 15.6. The van der Waals surface area contributed by atoms with Gasteiger partial charge in [-0.15, -0.1) is 6.42 Å². The molecule has 0 aliphatic carbocycles. The van der Waals surface area contributed by atoms with Crippen LogP contribution in [0.1, 0.15) is 20.3 Å². The van der Waals surface area contributed by atoms with E-state index in [2.05, 4.69) is 27.9 Å². The van der Waals surface area contributed by atoms with Crippen LogP contribution in [-0.4, -0.2) is 68.2 Å². The van der Waals surface area contributed by atoms with Gasteiger partial charge in [0.25, 0.3) is 0 Å². The molecule has 5 nitrogen and oxygen atoms in total. The van der Waals surface area contributed by atoms with Crippen molar-refractivity contribution in [2.45, 2.75) is 32.0 Å². The average molecular weight is 346 g/mol. The van der Waals surface area contributed by atoms with Gasteiger partial charge in [-0.05, 0) is 37.6 Å². The Balaban J connectivity index is 1.75. The standard InChI is InChI=1S/C20H30N2O3/c1-5-20(3,6-2)25-16-18(23)15-21-11-13-22(14-12-21)17-7-9-19(24-4)10-8-17/h1,7-10,18,23H,6,11-16H2,2-4H3. The van der Waals surface area contributed by atoms with Crippen LogP contribution in [0.4, 0.5) is 5.69 Å². The minimum Gasteiger partial charge on any atom is -0.497 e. The van der Waals surface area contributed by atoms with Crippen molar-refractivity contribution in [2.24, 2.45) is 0 Å². The van der Waals surface area contributed by atoms with Crippen molar-refractivity contribution in [3.63, 3.8) is 0 Å². The lowest BCUT2D eigenvalue weighted by molar-refractivity contribution is -0.0473. The van der Waals surface area contributed by atoms with E-state index in [0.29, 0.717) is 6.54 Å². The van der Waals surface area contributed by atoms with Gasteiger partial charge in [-0.25, -0.2) is 0 Å². The lowest BCUT2D eigenvalue weighted by Crippen LogP contribution is -2.49. The van der Waals surface area contributed by atoms with Crippen molar-refractivity contribution in [3.05, 3.63) is 24.3 Å². The first-order valence-corrected chi connectivity index (χ1v) is 8.91. The van der Waals surface area contributed by atoms with Crippen LogP contribution in [0.5, 0.6) is 5.75 Å². The fourth-order valence-electron chi connectivity index (χ4n) is 2.86. The predicted octanol–water partition coefficient (Wildman–Crippen LogP) is 2.00. The van der Waals surface area contributed by atoms with E-state index in [1.165, 1.54) is 5.69 Å². The summed E-state index contributed by atoms with van der Waals surface area (Å²) in [6.45, 7) is 8.48.